The molecule has 0 aromatic rings. The largest absolute Gasteiger partial charge is 0.369 e. The van der Waals surface area contributed by atoms with Crippen molar-refractivity contribution in [2.75, 3.05) is 0 Å². The molecule has 8 N–H and O–H groups in total. The molecule has 0 bridgehead atoms. The fraction of sp³-hybridized carbons (Fsp3) is 0.429. The molecule has 0 atom stereocenters. The van der Waals surface area contributed by atoms with Crippen molar-refractivity contribution >= 4 is 23.3 Å². The van der Waals surface area contributed by atoms with E-state index in [1.54, 1.807) is 6.92 Å². The van der Waals surface area contributed by atoms with Crippen molar-refractivity contribution in [3.05, 3.63) is 0 Å². The normalized spacial score (nSPS) is 12.1. The minimum Gasteiger partial charge on any atom is -0.369 e. The van der Waals surface area contributed by atoms with E-state index < -0.39 is 0 Å². The zero-order chi connectivity index (χ0) is 11.8. The van der Waals surface area contributed by atoms with Gasteiger partial charge in [0.05, 0.1) is 11.4 Å². The Hall–Kier alpha value is -2.12. The predicted octanol–water partition coefficient (Wildman–Crippen LogP) is -1.32. The molecule has 0 fully saturated rings. The summed E-state index contributed by atoms with van der Waals surface area (Å²) in [7, 11) is 0. The molecule has 84 valence electrons. The lowest BCUT2D eigenvalue weighted by Gasteiger charge is -1.98. The number of rotatable bonds is 4. The molecule has 15 heavy (non-hydrogen) atoms. The SMILES string of the molecule is CCC(=N/N=C(N)N)/C(C)=N/N=C(N)N. The standard InChI is InChI=1S/C7H16N8/c1-3-5(13-15-7(10)11)4(2)12-14-6(8)9/h3H2,1-2H3,(H4,8,9,14)(H4,10,11,15)/b12-4+,13-5-. The summed E-state index contributed by atoms with van der Waals surface area (Å²) in [5.74, 6) is -0.234. The van der Waals surface area contributed by atoms with Crippen LogP contribution in [0.4, 0.5) is 0 Å². The molecule has 0 heterocycles. The van der Waals surface area contributed by atoms with Crippen LogP contribution in [-0.4, -0.2) is 23.3 Å². The Morgan fingerprint density at radius 2 is 1.33 bits per heavy atom. The molecule has 8 heteroatoms. The summed E-state index contributed by atoms with van der Waals surface area (Å²) in [5, 5.41) is 14.5. The third-order valence-corrected chi connectivity index (χ3v) is 1.35. The highest BCUT2D eigenvalue weighted by molar-refractivity contribution is 6.41. The lowest BCUT2D eigenvalue weighted by atomic mass is 10.2. The molecule has 0 amide bonds. The first-order valence-corrected chi connectivity index (χ1v) is 4.26. The van der Waals surface area contributed by atoms with Gasteiger partial charge in [0.2, 0.25) is 11.9 Å². The van der Waals surface area contributed by atoms with E-state index in [4.69, 9.17) is 22.9 Å². The Kier molecular flexibility index (Phi) is 5.45. The summed E-state index contributed by atoms with van der Waals surface area (Å²) in [6.07, 6.45) is 0.617. The van der Waals surface area contributed by atoms with Crippen molar-refractivity contribution in [1.29, 1.82) is 0 Å². The van der Waals surface area contributed by atoms with E-state index in [1.807, 2.05) is 6.92 Å². The maximum atomic E-state index is 5.13. The third kappa shape index (κ3) is 6.02. The average molecular weight is 212 g/mol. The number of hydrogen-bond acceptors (Lipinski definition) is 4. The van der Waals surface area contributed by atoms with Gasteiger partial charge in [0, 0.05) is 0 Å². The highest BCUT2D eigenvalue weighted by Crippen LogP contribution is 1.92. The van der Waals surface area contributed by atoms with Gasteiger partial charge in [-0.15, -0.1) is 10.2 Å². The second kappa shape index (κ2) is 6.35. The van der Waals surface area contributed by atoms with E-state index in [2.05, 4.69) is 20.4 Å². The number of nitrogens with two attached hydrogens (primary N) is 4. The Labute approximate surface area is 87.8 Å². The number of nitrogens with zero attached hydrogens (tertiary/aromatic N) is 4. The molecule has 0 spiro atoms. The molecule has 0 aromatic carbocycles. The molecule has 8 nitrogen and oxygen atoms in total. The van der Waals surface area contributed by atoms with Crippen LogP contribution in [0.25, 0.3) is 0 Å². The second-order valence-electron chi connectivity index (χ2n) is 2.64. The lowest BCUT2D eigenvalue weighted by molar-refractivity contribution is 1.15. The van der Waals surface area contributed by atoms with Crippen molar-refractivity contribution in [3.8, 4) is 0 Å². The van der Waals surface area contributed by atoms with Gasteiger partial charge in [0.25, 0.3) is 0 Å². The van der Waals surface area contributed by atoms with E-state index >= 15 is 0 Å². The van der Waals surface area contributed by atoms with E-state index in [9.17, 15) is 0 Å². The average Bonchev–Trinajstić information content (AvgIpc) is 2.15. The van der Waals surface area contributed by atoms with E-state index in [0.717, 1.165) is 0 Å². The Morgan fingerprint density at radius 3 is 1.73 bits per heavy atom. The van der Waals surface area contributed by atoms with Crippen LogP contribution in [0.15, 0.2) is 20.4 Å². The van der Waals surface area contributed by atoms with Gasteiger partial charge in [-0.25, -0.2) is 0 Å². The smallest absolute Gasteiger partial charge is 0.211 e. The molecule has 0 unspecified atom stereocenters. The monoisotopic (exact) mass is 212 g/mol. The molecule has 0 aliphatic heterocycles. The van der Waals surface area contributed by atoms with Gasteiger partial charge in [0.1, 0.15) is 0 Å². The summed E-state index contributed by atoms with van der Waals surface area (Å²) < 4.78 is 0. The van der Waals surface area contributed by atoms with Crippen LogP contribution in [0.5, 0.6) is 0 Å². The van der Waals surface area contributed by atoms with Crippen LogP contribution in [0, 0.1) is 0 Å². The third-order valence-electron chi connectivity index (χ3n) is 1.35. The van der Waals surface area contributed by atoms with Crippen molar-refractivity contribution in [3.63, 3.8) is 0 Å². The summed E-state index contributed by atoms with van der Waals surface area (Å²) >= 11 is 0. The first-order chi connectivity index (χ1) is 6.97. The van der Waals surface area contributed by atoms with Crippen LogP contribution >= 0.6 is 0 Å². The molecule has 0 rings (SSSR count). The first-order valence-electron chi connectivity index (χ1n) is 4.26. The summed E-state index contributed by atoms with van der Waals surface area (Å²) in [4.78, 5) is 0. The van der Waals surface area contributed by atoms with Gasteiger partial charge >= 0.3 is 0 Å². The molecule has 0 aliphatic rings. The van der Waals surface area contributed by atoms with Crippen molar-refractivity contribution in [1.82, 2.24) is 0 Å². The van der Waals surface area contributed by atoms with Crippen molar-refractivity contribution in [2.45, 2.75) is 20.3 Å². The second-order valence-corrected chi connectivity index (χ2v) is 2.64. The maximum Gasteiger partial charge on any atom is 0.211 e. The summed E-state index contributed by atoms with van der Waals surface area (Å²) in [6, 6.07) is 0. The highest BCUT2D eigenvalue weighted by atomic mass is 15.3. The summed E-state index contributed by atoms with van der Waals surface area (Å²) in [5.41, 5.74) is 21.7. The molecular formula is C7H16N8. The van der Waals surface area contributed by atoms with Crippen LogP contribution in [0.1, 0.15) is 20.3 Å². The number of hydrogen-bond donors (Lipinski definition) is 4. The van der Waals surface area contributed by atoms with Gasteiger partial charge in [-0.2, -0.15) is 10.2 Å². The zero-order valence-corrected chi connectivity index (χ0v) is 8.81. The van der Waals surface area contributed by atoms with Crippen LogP contribution in [0.3, 0.4) is 0 Å². The van der Waals surface area contributed by atoms with Crippen LogP contribution < -0.4 is 22.9 Å². The minimum atomic E-state index is -0.119. The van der Waals surface area contributed by atoms with Gasteiger partial charge in [-0.1, -0.05) is 6.92 Å². The van der Waals surface area contributed by atoms with Gasteiger partial charge in [-0.05, 0) is 13.3 Å². The minimum absolute atomic E-state index is 0.115. The van der Waals surface area contributed by atoms with Gasteiger partial charge < -0.3 is 22.9 Å². The van der Waals surface area contributed by atoms with E-state index in [-0.39, 0.29) is 11.9 Å². The zero-order valence-electron chi connectivity index (χ0n) is 8.81. The Balaban J connectivity index is 4.83. The first kappa shape index (κ1) is 12.9. The predicted molar refractivity (Wildman–Crippen MR) is 62.5 cm³/mol. The maximum absolute atomic E-state index is 5.13. The van der Waals surface area contributed by atoms with E-state index in [0.29, 0.717) is 17.8 Å². The molecule has 0 aliphatic carbocycles. The Bertz CT molecular complexity index is 316. The lowest BCUT2D eigenvalue weighted by Crippen LogP contribution is -2.23. The van der Waals surface area contributed by atoms with Gasteiger partial charge in [0.15, 0.2) is 0 Å². The van der Waals surface area contributed by atoms with Crippen molar-refractivity contribution in [2.24, 2.45) is 43.3 Å². The Morgan fingerprint density at radius 1 is 0.867 bits per heavy atom. The van der Waals surface area contributed by atoms with Crippen LogP contribution in [-0.2, 0) is 0 Å². The molecular weight excluding hydrogens is 196 g/mol. The molecule has 0 aromatic heterocycles. The quantitative estimate of drug-likeness (QED) is 0.259. The number of guanidine groups is 2. The topological polar surface area (TPSA) is 154 Å². The fourth-order valence-corrected chi connectivity index (χ4v) is 0.707. The summed E-state index contributed by atoms with van der Waals surface area (Å²) in [6.45, 7) is 3.59. The molecule has 0 radical (unpaired) electrons. The highest BCUT2D eigenvalue weighted by Gasteiger charge is 2.00. The van der Waals surface area contributed by atoms with Crippen molar-refractivity contribution < 1.29 is 0 Å². The van der Waals surface area contributed by atoms with Crippen LogP contribution in [0.2, 0.25) is 0 Å². The van der Waals surface area contributed by atoms with E-state index in [1.165, 1.54) is 0 Å². The molecule has 0 saturated carbocycles. The van der Waals surface area contributed by atoms with Gasteiger partial charge in [-0.3, -0.25) is 0 Å². The molecule has 0 saturated heterocycles. The fourth-order valence-electron chi connectivity index (χ4n) is 0.707.